The molecule has 3 heterocycles. The Hall–Kier alpha value is -3.35. The van der Waals surface area contributed by atoms with E-state index in [0.717, 1.165) is 12.8 Å². The molecule has 1 aliphatic rings. The van der Waals surface area contributed by atoms with Crippen molar-refractivity contribution >= 4 is 22.6 Å². The van der Waals surface area contributed by atoms with Crippen molar-refractivity contribution in [1.29, 1.82) is 0 Å². The van der Waals surface area contributed by atoms with Crippen molar-refractivity contribution in [2.24, 2.45) is 0 Å². The van der Waals surface area contributed by atoms with Crippen LogP contribution in [0.3, 0.4) is 0 Å². The highest BCUT2D eigenvalue weighted by molar-refractivity contribution is 6.06. The quantitative estimate of drug-likeness (QED) is 0.743. The molecular weight excluding hydrogens is 346 g/mol. The van der Waals surface area contributed by atoms with Gasteiger partial charge in [-0.25, -0.2) is 0 Å². The standard InChI is InChI=1S/C20H19N3O4/c24-18-15-7-2-1-6-14(15)16(11-21-18)19(25)22-13-5-3-9-23(12-13)20(26)17-8-4-10-27-17/h1-2,4,6-8,10-11,13H,3,5,9,12H2,(H,21,24)(H,22,25)/t13-/m1/s1. The number of benzene rings is 1. The maximum absolute atomic E-state index is 12.8. The molecule has 27 heavy (non-hydrogen) atoms. The van der Waals surface area contributed by atoms with E-state index in [1.165, 1.54) is 12.5 Å². The molecule has 4 rings (SSSR count). The Kier molecular flexibility index (Phi) is 4.50. The van der Waals surface area contributed by atoms with Crippen LogP contribution < -0.4 is 10.9 Å². The summed E-state index contributed by atoms with van der Waals surface area (Å²) >= 11 is 0. The predicted molar refractivity (Wildman–Crippen MR) is 99.7 cm³/mol. The van der Waals surface area contributed by atoms with Crippen LogP contribution >= 0.6 is 0 Å². The zero-order valence-electron chi connectivity index (χ0n) is 14.6. The molecule has 1 atom stereocenters. The van der Waals surface area contributed by atoms with Crippen LogP contribution in [0.25, 0.3) is 10.8 Å². The van der Waals surface area contributed by atoms with Crippen molar-refractivity contribution in [1.82, 2.24) is 15.2 Å². The van der Waals surface area contributed by atoms with Gasteiger partial charge < -0.3 is 19.6 Å². The number of amides is 2. The molecule has 7 nitrogen and oxygen atoms in total. The lowest BCUT2D eigenvalue weighted by Crippen LogP contribution is -2.49. The number of nitrogens with zero attached hydrogens (tertiary/aromatic N) is 1. The summed E-state index contributed by atoms with van der Waals surface area (Å²) in [6.07, 6.45) is 4.49. The summed E-state index contributed by atoms with van der Waals surface area (Å²) in [7, 11) is 0. The summed E-state index contributed by atoms with van der Waals surface area (Å²) in [5, 5.41) is 4.08. The predicted octanol–water partition coefficient (Wildman–Crippen LogP) is 2.16. The highest BCUT2D eigenvalue weighted by Gasteiger charge is 2.27. The van der Waals surface area contributed by atoms with Gasteiger partial charge in [-0.1, -0.05) is 18.2 Å². The van der Waals surface area contributed by atoms with Gasteiger partial charge in [0.25, 0.3) is 17.4 Å². The molecule has 1 saturated heterocycles. The van der Waals surface area contributed by atoms with Gasteiger partial charge >= 0.3 is 0 Å². The molecule has 0 aliphatic carbocycles. The number of carbonyl (C=O) groups excluding carboxylic acids is 2. The van der Waals surface area contributed by atoms with Crippen molar-refractivity contribution < 1.29 is 14.0 Å². The van der Waals surface area contributed by atoms with Gasteiger partial charge in [0.2, 0.25) is 0 Å². The maximum Gasteiger partial charge on any atom is 0.289 e. The van der Waals surface area contributed by atoms with Gasteiger partial charge in [0.15, 0.2) is 5.76 Å². The number of nitrogens with one attached hydrogen (secondary N) is 2. The van der Waals surface area contributed by atoms with Gasteiger partial charge in [-0.2, -0.15) is 0 Å². The molecule has 1 aliphatic heterocycles. The van der Waals surface area contributed by atoms with E-state index in [0.29, 0.717) is 35.2 Å². The van der Waals surface area contributed by atoms with E-state index in [9.17, 15) is 14.4 Å². The number of hydrogen-bond donors (Lipinski definition) is 2. The second kappa shape index (κ2) is 7.11. The largest absolute Gasteiger partial charge is 0.459 e. The fourth-order valence-electron chi connectivity index (χ4n) is 3.50. The third-order valence-corrected chi connectivity index (χ3v) is 4.83. The lowest BCUT2D eigenvalue weighted by Gasteiger charge is -2.32. The van der Waals surface area contributed by atoms with Crippen LogP contribution in [0.15, 0.2) is 58.1 Å². The molecule has 3 aromatic rings. The average molecular weight is 365 g/mol. The first kappa shape index (κ1) is 17.1. The van der Waals surface area contributed by atoms with E-state index >= 15 is 0 Å². The molecule has 0 unspecified atom stereocenters. The average Bonchev–Trinajstić information content (AvgIpc) is 3.23. The molecule has 1 aromatic carbocycles. The van der Waals surface area contributed by atoms with Gasteiger partial charge in [0.1, 0.15) is 0 Å². The lowest BCUT2D eigenvalue weighted by molar-refractivity contribution is 0.0647. The van der Waals surface area contributed by atoms with Crippen molar-refractivity contribution in [2.45, 2.75) is 18.9 Å². The maximum atomic E-state index is 12.8. The molecule has 138 valence electrons. The second-order valence-electron chi connectivity index (χ2n) is 6.62. The fourth-order valence-corrected chi connectivity index (χ4v) is 3.50. The Bertz CT molecular complexity index is 1040. The smallest absolute Gasteiger partial charge is 0.289 e. The van der Waals surface area contributed by atoms with Crippen molar-refractivity contribution in [2.75, 3.05) is 13.1 Å². The molecule has 0 bridgehead atoms. The van der Waals surface area contributed by atoms with E-state index in [1.807, 2.05) is 0 Å². The highest BCUT2D eigenvalue weighted by atomic mass is 16.3. The Morgan fingerprint density at radius 2 is 1.96 bits per heavy atom. The number of aromatic nitrogens is 1. The van der Waals surface area contributed by atoms with E-state index in [4.69, 9.17) is 4.42 Å². The van der Waals surface area contributed by atoms with Gasteiger partial charge in [-0.15, -0.1) is 0 Å². The number of likely N-dealkylation sites (tertiary alicyclic amines) is 1. The summed E-state index contributed by atoms with van der Waals surface area (Å²) in [4.78, 5) is 41.5. The first-order chi connectivity index (χ1) is 13.1. The van der Waals surface area contributed by atoms with Crippen LogP contribution in [-0.4, -0.2) is 40.8 Å². The third kappa shape index (κ3) is 3.36. The monoisotopic (exact) mass is 365 g/mol. The van der Waals surface area contributed by atoms with Crippen LogP contribution in [-0.2, 0) is 0 Å². The minimum atomic E-state index is -0.264. The van der Waals surface area contributed by atoms with Gasteiger partial charge in [0, 0.05) is 36.1 Å². The van der Waals surface area contributed by atoms with Crippen LogP contribution in [0.4, 0.5) is 0 Å². The molecule has 0 radical (unpaired) electrons. The zero-order valence-corrected chi connectivity index (χ0v) is 14.6. The first-order valence-electron chi connectivity index (χ1n) is 8.87. The number of furan rings is 1. The lowest BCUT2D eigenvalue weighted by atomic mass is 10.0. The Labute approximate surface area is 155 Å². The van der Waals surface area contributed by atoms with Gasteiger partial charge in [0.05, 0.1) is 11.8 Å². The molecule has 2 aromatic heterocycles. The Morgan fingerprint density at radius 3 is 2.74 bits per heavy atom. The highest BCUT2D eigenvalue weighted by Crippen LogP contribution is 2.17. The summed E-state index contributed by atoms with van der Waals surface area (Å²) in [6.45, 7) is 1.06. The SMILES string of the molecule is O=C(N[C@@H]1CCCN(C(=O)c2ccco2)C1)c1c[nH]c(=O)c2ccccc12. The summed E-state index contributed by atoms with van der Waals surface area (Å²) < 4.78 is 5.18. The van der Waals surface area contributed by atoms with Crippen LogP contribution in [0, 0.1) is 0 Å². The topological polar surface area (TPSA) is 95.4 Å². The van der Waals surface area contributed by atoms with Crippen molar-refractivity contribution in [3.05, 3.63) is 70.5 Å². The zero-order chi connectivity index (χ0) is 18.8. The summed E-state index contributed by atoms with van der Waals surface area (Å²) in [5.74, 6) is -0.137. The Balaban J connectivity index is 1.51. The number of rotatable bonds is 3. The van der Waals surface area contributed by atoms with Crippen LogP contribution in [0.2, 0.25) is 0 Å². The normalized spacial score (nSPS) is 17.0. The number of pyridine rings is 1. The molecule has 2 N–H and O–H groups in total. The number of carbonyl (C=O) groups is 2. The van der Waals surface area contributed by atoms with Crippen LogP contribution in [0.1, 0.15) is 33.8 Å². The van der Waals surface area contributed by atoms with E-state index in [1.54, 1.807) is 41.3 Å². The summed E-state index contributed by atoms with van der Waals surface area (Å²) in [5.41, 5.74) is 0.190. The molecule has 7 heteroatoms. The van der Waals surface area contributed by atoms with Crippen LogP contribution in [0.5, 0.6) is 0 Å². The van der Waals surface area contributed by atoms with E-state index in [-0.39, 0.29) is 23.4 Å². The molecule has 1 fully saturated rings. The molecule has 0 saturated carbocycles. The van der Waals surface area contributed by atoms with Gasteiger partial charge in [-0.05, 0) is 31.0 Å². The summed E-state index contributed by atoms with van der Waals surface area (Å²) in [6, 6.07) is 10.2. The van der Waals surface area contributed by atoms with E-state index < -0.39 is 0 Å². The Morgan fingerprint density at radius 1 is 1.15 bits per heavy atom. The van der Waals surface area contributed by atoms with Gasteiger partial charge in [-0.3, -0.25) is 14.4 Å². The number of hydrogen-bond acceptors (Lipinski definition) is 4. The number of H-pyrrole nitrogens is 1. The number of fused-ring (bicyclic) bond motifs is 1. The van der Waals surface area contributed by atoms with Crippen molar-refractivity contribution in [3.8, 4) is 0 Å². The fraction of sp³-hybridized carbons (Fsp3) is 0.250. The van der Waals surface area contributed by atoms with Crippen molar-refractivity contribution in [3.63, 3.8) is 0 Å². The molecular formula is C20H19N3O4. The first-order valence-corrected chi connectivity index (χ1v) is 8.87. The minimum Gasteiger partial charge on any atom is -0.459 e. The molecule has 2 amide bonds. The minimum absolute atomic E-state index is 0.157. The number of piperidine rings is 1. The number of aromatic amines is 1. The third-order valence-electron chi connectivity index (χ3n) is 4.83. The second-order valence-corrected chi connectivity index (χ2v) is 6.62. The molecule has 0 spiro atoms. The van der Waals surface area contributed by atoms with E-state index in [2.05, 4.69) is 10.3 Å².